The van der Waals surface area contributed by atoms with Crippen molar-refractivity contribution in [2.24, 2.45) is 4.99 Å². The first-order valence-electron chi connectivity index (χ1n) is 13.4. The molecule has 0 radical (unpaired) electrons. The zero-order valence-corrected chi connectivity index (χ0v) is 26.4. The summed E-state index contributed by atoms with van der Waals surface area (Å²) >= 11 is 11.0. The van der Waals surface area contributed by atoms with Gasteiger partial charge in [-0.1, -0.05) is 59.3 Å². The van der Waals surface area contributed by atoms with Crippen LogP contribution in [0.25, 0.3) is 6.08 Å². The van der Waals surface area contributed by atoms with Gasteiger partial charge in [-0.25, -0.2) is 9.38 Å². The number of rotatable bonds is 8. The number of thiazole rings is 1. The molecule has 1 aliphatic rings. The van der Waals surface area contributed by atoms with Crippen molar-refractivity contribution in [3.05, 3.63) is 130 Å². The molecule has 42 heavy (non-hydrogen) atoms. The quantitative estimate of drug-likeness (QED) is 0.224. The maximum atomic E-state index is 14.0. The summed E-state index contributed by atoms with van der Waals surface area (Å²) in [6, 6.07) is 18.5. The Morgan fingerprint density at radius 3 is 2.52 bits per heavy atom. The van der Waals surface area contributed by atoms with Crippen LogP contribution in [0.3, 0.4) is 0 Å². The summed E-state index contributed by atoms with van der Waals surface area (Å²) < 4.78 is 22.6. The molecule has 10 heteroatoms. The Balaban J connectivity index is 1.54. The molecule has 0 bridgehead atoms. The van der Waals surface area contributed by atoms with E-state index in [1.165, 1.54) is 17.4 Å². The highest BCUT2D eigenvalue weighted by molar-refractivity contribution is 9.10. The van der Waals surface area contributed by atoms with Crippen LogP contribution < -0.4 is 19.6 Å². The van der Waals surface area contributed by atoms with Crippen LogP contribution in [0.1, 0.15) is 43.5 Å². The van der Waals surface area contributed by atoms with E-state index in [9.17, 15) is 14.0 Å². The van der Waals surface area contributed by atoms with Crippen LogP contribution in [0.2, 0.25) is 5.02 Å². The second-order valence-corrected chi connectivity index (χ2v) is 12.0. The molecule has 1 aromatic heterocycles. The molecule has 2 heterocycles. The number of benzene rings is 3. The minimum Gasteiger partial charge on any atom is -0.488 e. The van der Waals surface area contributed by atoms with Crippen molar-refractivity contribution >= 4 is 50.9 Å². The summed E-state index contributed by atoms with van der Waals surface area (Å²) in [4.78, 5) is 34.6. The van der Waals surface area contributed by atoms with Crippen LogP contribution in [0.15, 0.2) is 92.3 Å². The number of ether oxygens (including phenoxy) is 1. The minimum atomic E-state index is -0.644. The predicted molar refractivity (Wildman–Crippen MR) is 168 cm³/mol. The molecule has 4 aromatic rings. The molecule has 0 saturated carbocycles. The van der Waals surface area contributed by atoms with Crippen molar-refractivity contribution in [1.82, 2.24) is 9.47 Å². The monoisotopic (exact) mass is 667 g/mol. The number of aromatic nitrogens is 1. The molecule has 0 unspecified atom stereocenters. The molecule has 216 valence electrons. The highest BCUT2D eigenvalue weighted by Crippen LogP contribution is 2.32. The van der Waals surface area contributed by atoms with Gasteiger partial charge < -0.3 is 9.64 Å². The van der Waals surface area contributed by atoms with Gasteiger partial charge in [0.25, 0.3) is 11.5 Å². The minimum absolute atomic E-state index is 0.0851. The van der Waals surface area contributed by atoms with E-state index in [2.05, 4.69) is 15.9 Å². The summed E-state index contributed by atoms with van der Waals surface area (Å²) in [5.41, 5.74) is 2.81. The van der Waals surface area contributed by atoms with Gasteiger partial charge in [-0.15, -0.1) is 0 Å². The van der Waals surface area contributed by atoms with Crippen LogP contribution in [-0.2, 0) is 11.4 Å². The highest BCUT2D eigenvalue weighted by Gasteiger charge is 2.34. The molecule has 0 fully saturated rings. The van der Waals surface area contributed by atoms with Crippen molar-refractivity contribution < 1.29 is 13.9 Å². The number of fused-ring (bicyclic) bond motifs is 1. The average molecular weight is 669 g/mol. The molecule has 0 saturated heterocycles. The van der Waals surface area contributed by atoms with E-state index in [-0.39, 0.29) is 23.9 Å². The van der Waals surface area contributed by atoms with Crippen molar-refractivity contribution in [2.75, 3.05) is 13.1 Å². The van der Waals surface area contributed by atoms with Gasteiger partial charge in [0.05, 0.1) is 26.3 Å². The van der Waals surface area contributed by atoms with Gasteiger partial charge in [0, 0.05) is 23.7 Å². The molecule has 0 aliphatic carbocycles. The number of nitrogens with zero attached hydrogens (tertiary/aromatic N) is 3. The lowest BCUT2D eigenvalue weighted by Gasteiger charge is -2.29. The van der Waals surface area contributed by atoms with Crippen LogP contribution in [-0.4, -0.2) is 28.5 Å². The maximum Gasteiger partial charge on any atom is 0.271 e. The third kappa shape index (κ3) is 6.00. The highest BCUT2D eigenvalue weighted by atomic mass is 79.9. The van der Waals surface area contributed by atoms with E-state index in [1.54, 1.807) is 51.9 Å². The fourth-order valence-corrected chi connectivity index (χ4v) is 6.57. The Morgan fingerprint density at radius 2 is 1.86 bits per heavy atom. The molecule has 5 rings (SSSR count). The van der Waals surface area contributed by atoms with Gasteiger partial charge in [0.2, 0.25) is 0 Å². The average Bonchev–Trinajstić information content (AvgIpc) is 3.27. The molecule has 1 atom stereocenters. The SMILES string of the molecule is CCN(CC)C(=O)C1=C(C)N=c2s/c(=C/c3ccc(OCc4ccccc4F)c(Br)c3)c(=O)n2[C@H]1c1ccc(Cl)cc1. The number of hydrogen-bond acceptors (Lipinski definition) is 5. The summed E-state index contributed by atoms with van der Waals surface area (Å²) in [7, 11) is 0. The number of carbonyl (C=O) groups is 1. The molecule has 1 amide bonds. The third-order valence-corrected chi connectivity index (χ3v) is 8.94. The number of hydrogen-bond donors (Lipinski definition) is 0. The summed E-state index contributed by atoms with van der Waals surface area (Å²) in [6.07, 6.45) is 1.79. The first-order valence-corrected chi connectivity index (χ1v) is 15.4. The van der Waals surface area contributed by atoms with Crippen LogP contribution in [0, 0.1) is 5.82 Å². The molecule has 6 nitrogen and oxygen atoms in total. The molecular formula is C32H28BrClFN3O3S. The third-order valence-electron chi connectivity index (χ3n) is 7.08. The van der Waals surface area contributed by atoms with E-state index < -0.39 is 6.04 Å². The lowest BCUT2D eigenvalue weighted by atomic mass is 9.94. The Labute approximate surface area is 260 Å². The molecule has 1 aliphatic heterocycles. The van der Waals surface area contributed by atoms with Gasteiger partial charge in [0.1, 0.15) is 18.2 Å². The Morgan fingerprint density at radius 1 is 1.14 bits per heavy atom. The second kappa shape index (κ2) is 12.8. The number of amides is 1. The van der Waals surface area contributed by atoms with E-state index in [0.29, 0.717) is 54.5 Å². The van der Waals surface area contributed by atoms with Crippen LogP contribution in [0.5, 0.6) is 5.75 Å². The van der Waals surface area contributed by atoms with E-state index in [1.807, 2.05) is 45.0 Å². The van der Waals surface area contributed by atoms with Crippen LogP contribution >= 0.6 is 38.9 Å². The Kier molecular flexibility index (Phi) is 9.11. The van der Waals surface area contributed by atoms with Gasteiger partial charge >= 0.3 is 0 Å². The zero-order valence-electron chi connectivity index (χ0n) is 23.2. The van der Waals surface area contributed by atoms with Crippen LogP contribution in [0.4, 0.5) is 4.39 Å². The fourth-order valence-electron chi connectivity index (χ4n) is 4.88. The maximum absolute atomic E-state index is 14.0. The van der Waals surface area contributed by atoms with Crippen molar-refractivity contribution in [1.29, 1.82) is 0 Å². The van der Waals surface area contributed by atoms with Gasteiger partial charge in [-0.2, -0.15) is 0 Å². The Hall–Kier alpha value is -3.53. The van der Waals surface area contributed by atoms with Gasteiger partial charge in [-0.05, 0) is 84.2 Å². The molecule has 3 aromatic carbocycles. The second-order valence-electron chi connectivity index (χ2n) is 9.68. The van der Waals surface area contributed by atoms with Gasteiger partial charge in [0.15, 0.2) is 4.80 Å². The van der Waals surface area contributed by atoms with E-state index >= 15 is 0 Å². The summed E-state index contributed by atoms with van der Waals surface area (Å²) in [5, 5.41) is 0.565. The molecule has 0 spiro atoms. The lowest BCUT2D eigenvalue weighted by Crippen LogP contribution is -2.43. The molecule has 0 N–H and O–H groups in total. The predicted octanol–water partition coefficient (Wildman–Crippen LogP) is 6.24. The van der Waals surface area contributed by atoms with Crippen molar-refractivity contribution in [3.63, 3.8) is 0 Å². The zero-order chi connectivity index (χ0) is 30.0. The lowest BCUT2D eigenvalue weighted by molar-refractivity contribution is -0.127. The number of carbonyl (C=O) groups excluding carboxylic acids is 1. The first-order chi connectivity index (χ1) is 20.2. The number of likely N-dealkylation sites (N-methyl/N-ethyl adjacent to an activating group) is 1. The topological polar surface area (TPSA) is 63.9 Å². The van der Waals surface area contributed by atoms with E-state index in [4.69, 9.17) is 21.3 Å². The Bertz CT molecular complexity index is 1860. The summed E-state index contributed by atoms with van der Waals surface area (Å²) in [6.45, 7) is 6.84. The first kappa shape index (κ1) is 29.9. The van der Waals surface area contributed by atoms with E-state index in [0.717, 1.165) is 11.1 Å². The smallest absolute Gasteiger partial charge is 0.271 e. The van der Waals surface area contributed by atoms with Gasteiger partial charge in [-0.3, -0.25) is 14.2 Å². The fraction of sp³-hybridized carbons (Fsp3) is 0.219. The number of allylic oxidation sites excluding steroid dienone is 1. The van der Waals surface area contributed by atoms with Crippen molar-refractivity contribution in [3.8, 4) is 5.75 Å². The van der Waals surface area contributed by atoms with Crippen molar-refractivity contribution in [2.45, 2.75) is 33.4 Å². The number of halogens is 3. The summed E-state index contributed by atoms with van der Waals surface area (Å²) in [5.74, 6) is 0.0786. The molecular weight excluding hydrogens is 641 g/mol. The standard InChI is InChI=1S/C32H28BrClFN3O3S/c1-4-37(5-2)31(40)28-19(3)36-32-38(29(28)21-11-13-23(34)14-12-21)30(39)27(42-32)17-20-10-15-26(24(33)16-20)41-18-22-8-6-7-9-25(22)35/h6-17,29H,4-5,18H2,1-3H3/b27-17+/t29-/m0/s1. The largest absolute Gasteiger partial charge is 0.488 e. The normalized spacial score (nSPS) is 14.9.